The van der Waals surface area contributed by atoms with E-state index in [0.717, 1.165) is 38.5 Å². The zero-order chi connectivity index (χ0) is 34.6. The van der Waals surface area contributed by atoms with Gasteiger partial charge in [0.1, 0.15) is 18.6 Å². The number of aliphatic hydroxyl groups is 2. The third kappa shape index (κ3) is 23.6. The molecule has 0 aromatic rings. The SMILES string of the molecule is CCCCCC(OC(=O)CC)C(O)CCCCC(=O)OCOC(=O)CCCCC(O)C(CCCCC)OC(=O)CC(=O)OCCC. The van der Waals surface area contributed by atoms with E-state index in [4.69, 9.17) is 23.7 Å². The standard InChI is InChI=1S/C34H60O12/c1-5-9-11-19-28(45-30(37)8-4)26(35)17-13-15-21-31(38)43-25-44-32(39)22-16-14-18-27(36)29(20-12-10-6-2)46-34(41)24-33(40)42-23-7-3/h26-29,35-36H,5-25H2,1-4H3. The van der Waals surface area contributed by atoms with Gasteiger partial charge in [-0.15, -0.1) is 0 Å². The number of unbranched alkanes of at least 4 members (excludes halogenated alkanes) is 6. The summed E-state index contributed by atoms with van der Waals surface area (Å²) in [4.78, 5) is 59.6. The monoisotopic (exact) mass is 660 g/mol. The molecule has 0 rings (SSSR count). The van der Waals surface area contributed by atoms with Crippen LogP contribution in [-0.4, -0.2) is 77.9 Å². The molecule has 0 aromatic carbocycles. The van der Waals surface area contributed by atoms with Crippen LogP contribution in [0.15, 0.2) is 0 Å². The predicted octanol–water partition coefficient (Wildman–Crippen LogP) is 5.61. The van der Waals surface area contributed by atoms with Crippen molar-refractivity contribution in [3.8, 4) is 0 Å². The minimum atomic E-state index is -0.941. The number of carbonyl (C=O) groups is 5. The number of ether oxygens (including phenoxy) is 5. The molecular weight excluding hydrogens is 600 g/mol. The van der Waals surface area contributed by atoms with Gasteiger partial charge in [0.2, 0.25) is 6.79 Å². The largest absolute Gasteiger partial charge is 0.465 e. The minimum Gasteiger partial charge on any atom is -0.465 e. The van der Waals surface area contributed by atoms with Crippen LogP contribution in [0.2, 0.25) is 0 Å². The van der Waals surface area contributed by atoms with E-state index in [1.807, 2.05) is 13.8 Å². The molecular formula is C34H60O12. The van der Waals surface area contributed by atoms with Gasteiger partial charge in [-0.1, -0.05) is 66.2 Å². The topological polar surface area (TPSA) is 172 Å². The highest BCUT2D eigenvalue weighted by Crippen LogP contribution is 2.18. The van der Waals surface area contributed by atoms with Crippen molar-refractivity contribution in [3.05, 3.63) is 0 Å². The van der Waals surface area contributed by atoms with E-state index in [2.05, 4.69) is 6.92 Å². The molecule has 0 aromatic heterocycles. The Labute approximate surface area is 275 Å². The van der Waals surface area contributed by atoms with E-state index < -0.39 is 61.5 Å². The molecule has 12 nitrogen and oxygen atoms in total. The first-order chi connectivity index (χ1) is 22.1. The van der Waals surface area contributed by atoms with Crippen LogP contribution in [-0.2, 0) is 47.7 Å². The maximum absolute atomic E-state index is 12.2. The van der Waals surface area contributed by atoms with Crippen molar-refractivity contribution in [2.75, 3.05) is 13.4 Å². The first-order valence-electron chi connectivity index (χ1n) is 17.3. The Kier molecular flexibility index (Phi) is 26.8. The van der Waals surface area contributed by atoms with Crippen LogP contribution < -0.4 is 0 Å². The van der Waals surface area contributed by atoms with Gasteiger partial charge in [-0.2, -0.15) is 0 Å². The van der Waals surface area contributed by atoms with Crippen molar-refractivity contribution in [2.24, 2.45) is 0 Å². The number of carbonyl (C=O) groups excluding carboxylic acids is 5. The highest BCUT2D eigenvalue weighted by molar-refractivity contribution is 5.91. The Morgan fingerprint density at radius 3 is 1.39 bits per heavy atom. The number of hydrogen-bond acceptors (Lipinski definition) is 12. The zero-order valence-electron chi connectivity index (χ0n) is 28.6. The van der Waals surface area contributed by atoms with Crippen LogP contribution in [0.4, 0.5) is 0 Å². The Morgan fingerprint density at radius 2 is 0.957 bits per heavy atom. The summed E-state index contributed by atoms with van der Waals surface area (Å²) in [6.07, 6.45) is 6.65. The minimum absolute atomic E-state index is 0.0632. The summed E-state index contributed by atoms with van der Waals surface area (Å²) in [5.74, 6) is -2.81. The van der Waals surface area contributed by atoms with Crippen LogP contribution in [0, 0.1) is 0 Å². The highest BCUT2D eigenvalue weighted by Gasteiger charge is 2.25. The van der Waals surface area contributed by atoms with Gasteiger partial charge in [0.05, 0.1) is 18.8 Å². The molecule has 46 heavy (non-hydrogen) atoms. The number of esters is 5. The van der Waals surface area contributed by atoms with E-state index in [-0.39, 0.29) is 31.8 Å². The zero-order valence-corrected chi connectivity index (χ0v) is 28.6. The van der Waals surface area contributed by atoms with Gasteiger partial charge in [-0.05, 0) is 57.8 Å². The van der Waals surface area contributed by atoms with E-state index in [1.54, 1.807) is 6.92 Å². The number of aliphatic hydroxyl groups excluding tert-OH is 2. The molecule has 4 unspecified atom stereocenters. The summed E-state index contributed by atoms with van der Waals surface area (Å²) in [6.45, 7) is 7.40. The van der Waals surface area contributed by atoms with Gasteiger partial charge in [0.25, 0.3) is 0 Å². The highest BCUT2D eigenvalue weighted by atomic mass is 16.7. The molecule has 0 heterocycles. The van der Waals surface area contributed by atoms with Crippen LogP contribution in [0.5, 0.6) is 0 Å². The molecule has 0 fully saturated rings. The van der Waals surface area contributed by atoms with Gasteiger partial charge in [-0.25, -0.2) is 0 Å². The van der Waals surface area contributed by atoms with Crippen molar-refractivity contribution < 1.29 is 57.9 Å². The van der Waals surface area contributed by atoms with Crippen LogP contribution in [0.1, 0.15) is 150 Å². The van der Waals surface area contributed by atoms with Gasteiger partial charge < -0.3 is 33.9 Å². The van der Waals surface area contributed by atoms with Crippen LogP contribution >= 0.6 is 0 Å². The predicted molar refractivity (Wildman–Crippen MR) is 170 cm³/mol. The van der Waals surface area contributed by atoms with Gasteiger partial charge in [-0.3, -0.25) is 24.0 Å². The lowest BCUT2D eigenvalue weighted by Crippen LogP contribution is -2.32. The Hall–Kier alpha value is -2.73. The molecule has 268 valence electrons. The molecule has 2 N–H and O–H groups in total. The fourth-order valence-electron chi connectivity index (χ4n) is 4.62. The van der Waals surface area contributed by atoms with Crippen LogP contribution in [0.3, 0.4) is 0 Å². The molecule has 0 saturated carbocycles. The maximum atomic E-state index is 12.2. The number of hydrogen-bond donors (Lipinski definition) is 2. The van der Waals surface area contributed by atoms with E-state index in [9.17, 15) is 34.2 Å². The molecule has 0 spiro atoms. The Balaban J connectivity index is 4.29. The van der Waals surface area contributed by atoms with Gasteiger partial charge >= 0.3 is 29.8 Å². The van der Waals surface area contributed by atoms with Gasteiger partial charge in [0, 0.05) is 19.3 Å². The molecule has 0 aliphatic heterocycles. The molecule has 0 saturated heterocycles. The molecule has 0 bridgehead atoms. The summed E-state index contributed by atoms with van der Waals surface area (Å²) >= 11 is 0. The average Bonchev–Trinajstić information content (AvgIpc) is 3.02. The second-order valence-corrected chi connectivity index (χ2v) is 11.6. The fraction of sp³-hybridized carbons (Fsp3) is 0.853. The molecule has 0 aliphatic rings. The molecule has 12 heteroatoms. The summed E-state index contributed by atoms with van der Waals surface area (Å²) in [7, 11) is 0. The van der Waals surface area contributed by atoms with Gasteiger partial charge in [0.15, 0.2) is 0 Å². The second-order valence-electron chi connectivity index (χ2n) is 11.6. The summed E-state index contributed by atoms with van der Waals surface area (Å²) < 4.78 is 25.7. The van der Waals surface area contributed by atoms with E-state index in [0.29, 0.717) is 57.8 Å². The van der Waals surface area contributed by atoms with Crippen molar-refractivity contribution in [2.45, 2.75) is 174 Å². The Morgan fingerprint density at radius 1 is 0.500 bits per heavy atom. The third-order valence-electron chi connectivity index (χ3n) is 7.35. The fourth-order valence-corrected chi connectivity index (χ4v) is 4.62. The lowest BCUT2D eigenvalue weighted by Gasteiger charge is -2.23. The van der Waals surface area contributed by atoms with E-state index in [1.165, 1.54) is 0 Å². The van der Waals surface area contributed by atoms with Crippen molar-refractivity contribution in [1.82, 2.24) is 0 Å². The first-order valence-corrected chi connectivity index (χ1v) is 17.3. The van der Waals surface area contributed by atoms with Crippen molar-refractivity contribution in [1.29, 1.82) is 0 Å². The van der Waals surface area contributed by atoms with Crippen LogP contribution in [0.25, 0.3) is 0 Å². The lowest BCUT2D eigenvalue weighted by atomic mass is 10.0. The Bertz CT molecular complexity index is 846. The van der Waals surface area contributed by atoms with Crippen molar-refractivity contribution >= 4 is 29.8 Å². The maximum Gasteiger partial charge on any atom is 0.317 e. The van der Waals surface area contributed by atoms with Crippen molar-refractivity contribution in [3.63, 3.8) is 0 Å². The molecule has 4 atom stereocenters. The first kappa shape index (κ1) is 43.3. The quantitative estimate of drug-likeness (QED) is 0.0334. The third-order valence-corrected chi connectivity index (χ3v) is 7.35. The smallest absolute Gasteiger partial charge is 0.317 e. The average molecular weight is 661 g/mol. The molecule has 0 radical (unpaired) electrons. The van der Waals surface area contributed by atoms with E-state index >= 15 is 0 Å². The molecule has 0 aliphatic carbocycles. The normalized spacial score (nSPS) is 13.6. The summed E-state index contributed by atoms with van der Waals surface area (Å²) in [5, 5.41) is 21.1. The number of rotatable bonds is 29. The summed E-state index contributed by atoms with van der Waals surface area (Å²) in [6, 6.07) is 0. The molecule has 0 amide bonds. The second kappa shape index (κ2) is 28.5. The summed E-state index contributed by atoms with van der Waals surface area (Å²) in [5.41, 5.74) is 0. The lowest BCUT2D eigenvalue weighted by molar-refractivity contribution is -0.167.